The molecule has 0 bridgehead atoms. The largest absolute Gasteiger partial charge is 0.495 e. The number of aryl methyl sites for hydroxylation is 2. The minimum atomic E-state index is 0.751. The zero-order valence-corrected chi connectivity index (χ0v) is 12.6. The van der Waals surface area contributed by atoms with Gasteiger partial charge in [0.25, 0.3) is 0 Å². The van der Waals surface area contributed by atoms with Crippen LogP contribution < -0.4 is 10.5 Å². The molecule has 106 valence electrons. The third-order valence-corrected chi connectivity index (χ3v) is 4.37. The molecule has 0 aromatic heterocycles. The van der Waals surface area contributed by atoms with Crippen LogP contribution in [-0.2, 0) is 19.3 Å². The van der Waals surface area contributed by atoms with Gasteiger partial charge in [0, 0.05) is 0 Å². The van der Waals surface area contributed by atoms with E-state index in [0.29, 0.717) is 0 Å². The van der Waals surface area contributed by atoms with Crippen molar-refractivity contribution in [2.24, 2.45) is 5.73 Å². The van der Waals surface area contributed by atoms with E-state index in [2.05, 4.69) is 6.07 Å². The average molecular weight is 282 g/mol. The smallest absolute Gasteiger partial charge is 0.140 e. The summed E-state index contributed by atoms with van der Waals surface area (Å²) in [6.07, 6.45) is 9.22. The second-order valence-corrected chi connectivity index (χ2v) is 5.71. The van der Waals surface area contributed by atoms with Crippen LogP contribution in [0.15, 0.2) is 6.07 Å². The molecule has 0 amide bonds. The molecule has 0 radical (unpaired) electrons. The zero-order valence-electron chi connectivity index (χ0n) is 11.8. The molecule has 0 heterocycles. The molecule has 2 N–H and O–H groups in total. The van der Waals surface area contributed by atoms with Crippen molar-refractivity contribution in [2.45, 2.75) is 51.4 Å². The lowest BCUT2D eigenvalue weighted by atomic mass is 9.96. The molecule has 2 nitrogen and oxygen atoms in total. The molecule has 0 fully saturated rings. The Balaban J connectivity index is 2.31. The zero-order chi connectivity index (χ0) is 13.7. The first-order valence-electron chi connectivity index (χ1n) is 7.35. The van der Waals surface area contributed by atoms with Crippen molar-refractivity contribution in [1.82, 2.24) is 0 Å². The number of halogens is 1. The summed E-state index contributed by atoms with van der Waals surface area (Å²) in [6.45, 7) is 0.751. The maximum atomic E-state index is 6.57. The van der Waals surface area contributed by atoms with Gasteiger partial charge in [-0.1, -0.05) is 24.1 Å². The van der Waals surface area contributed by atoms with Gasteiger partial charge in [-0.15, -0.1) is 0 Å². The quantitative estimate of drug-likeness (QED) is 0.656. The fourth-order valence-corrected chi connectivity index (χ4v) is 3.35. The Morgan fingerprint density at radius 3 is 2.74 bits per heavy atom. The summed E-state index contributed by atoms with van der Waals surface area (Å²) in [4.78, 5) is 0. The number of rotatable bonds is 5. The SMILES string of the molecule is COc1c(CCCCN)cc2c(c1Cl)CCCCC2. The maximum Gasteiger partial charge on any atom is 0.140 e. The molecule has 0 unspecified atom stereocenters. The number of hydrogen-bond acceptors (Lipinski definition) is 2. The van der Waals surface area contributed by atoms with Crippen LogP contribution in [0.5, 0.6) is 5.75 Å². The van der Waals surface area contributed by atoms with Gasteiger partial charge < -0.3 is 10.5 Å². The lowest BCUT2D eigenvalue weighted by Crippen LogP contribution is -2.03. The van der Waals surface area contributed by atoms with Gasteiger partial charge in [0.05, 0.1) is 12.1 Å². The van der Waals surface area contributed by atoms with E-state index in [9.17, 15) is 0 Å². The van der Waals surface area contributed by atoms with E-state index in [1.807, 2.05) is 0 Å². The van der Waals surface area contributed by atoms with Crippen LogP contribution in [0, 0.1) is 0 Å². The number of hydrogen-bond donors (Lipinski definition) is 1. The lowest BCUT2D eigenvalue weighted by Gasteiger charge is -2.17. The Kier molecular flexibility index (Phi) is 5.53. The van der Waals surface area contributed by atoms with Crippen molar-refractivity contribution in [3.63, 3.8) is 0 Å². The number of fused-ring (bicyclic) bond motifs is 1. The van der Waals surface area contributed by atoms with Crippen molar-refractivity contribution < 1.29 is 4.74 Å². The summed E-state index contributed by atoms with van der Waals surface area (Å²) in [5, 5.41) is 0.852. The molecule has 0 aliphatic heterocycles. The standard InChI is InChI=1S/C16H24ClNO/c1-19-16-13(8-5-6-10-18)11-12-7-3-2-4-9-14(12)15(16)17/h11H,2-10,18H2,1H3. The molecule has 1 aliphatic carbocycles. The second-order valence-electron chi connectivity index (χ2n) is 5.33. The van der Waals surface area contributed by atoms with Gasteiger partial charge in [0.2, 0.25) is 0 Å². The molecular formula is C16H24ClNO. The van der Waals surface area contributed by atoms with Crippen LogP contribution in [0.3, 0.4) is 0 Å². The first-order valence-corrected chi connectivity index (χ1v) is 7.73. The van der Waals surface area contributed by atoms with Gasteiger partial charge in [-0.2, -0.15) is 0 Å². The summed E-state index contributed by atoms with van der Waals surface area (Å²) in [5.41, 5.74) is 9.57. The molecule has 0 saturated heterocycles. The Bertz CT molecular complexity index is 431. The predicted octanol–water partition coefficient (Wildman–Crippen LogP) is 3.90. The van der Waals surface area contributed by atoms with Gasteiger partial charge in [0.15, 0.2) is 0 Å². The highest BCUT2D eigenvalue weighted by molar-refractivity contribution is 6.33. The van der Waals surface area contributed by atoms with Crippen LogP contribution in [0.4, 0.5) is 0 Å². The average Bonchev–Trinajstić information content (AvgIpc) is 2.65. The lowest BCUT2D eigenvalue weighted by molar-refractivity contribution is 0.408. The van der Waals surface area contributed by atoms with E-state index in [0.717, 1.165) is 49.4 Å². The van der Waals surface area contributed by atoms with Crippen LogP contribution in [-0.4, -0.2) is 13.7 Å². The predicted molar refractivity (Wildman–Crippen MR) is 81.3 cm³/mol. The maximum absolute atomic E-state index is 6.57. The highest BCUT2D eigenvalue weighted by Gasteiger charge is 2.18. The Hall–Kier alpha value is -0.730. The topological polar surface area (TPSA) is 35.2 Å². The molecule has 1 aliphatic rings. The molecule has 1 aromatic carbocycles. The van der Waals surface area contributed by atoms with Crippen molar-refractivity contribution in [2.75, 3.05) is 13.7 Å². The van der Waals surface area contributed by atoms with Crippen molar-refractivity contribution in [3.8, 4) is 5.75 Å². The highest BCUT2D eigenvalue weighted by atomic mass is 35.5. The fourth-order valence-electron chi connectivity index (χ4n) is 2.94. The van der Waals surface area contributed by atoms with Crippen LogP contribution in [0.25, 0.3) is 0 Å². The number of methoxy groups -OCH3 is 1. The second kappa shape index (κ2) is 7.16. The summed E-state index contributed by atoms with van der Waals surface area (Å²) in [7, 11) is 1.72. The third kappa shape index (κ3) is 3.43. The highest BCUT2D eigenvalue weighted by Crippen LogP contribution is 2.38. The summed E-state index contributed by atoms with van der Waals surface area (Å²) < 4.78 is 5.55. The minimum Gasteiger partial charge on any atom is -0.495 e. The van der Waals surface area contributed by atoms with E-state index < -0.39 is 0 Å². The van der Waals surface area contributed by atoms with E-state index in [4.69, 9.17) is 22.1 Å². The minimum absolute atomic E-state index is 0.751. The molecule has 1 aromatic rings. The van der Waals surface area contributed by atoms with Crippen LogP contribution >= 0.6 is 11.6 Å². The van der Waals surface area contributed by atoms with E-state index >= 15 is 0 Å². The van der Waals surface area contributed by atoms with Crippen LogP contribution in [0.1, 0.15) is 48.8 Å². The first-order chi connectivity index (χ1) is 9.27. The van der Waals surface area contributed by atoms with Gasteiger partial charge in [-0.3, -0.25) is 0 Å². The van der Waals surface area contributed by atoms with E-state index in [-0.39, 0.29) is 0 Å². The van der Waals surface area contributed by atoms with Crippen molar-refractivity contribution >= 4 is 11.6 Å². The van der Waals surface area contributed by atoms with E-state index in [1.54, 1.807) is 7.11 Å². The van der Waals surface area contributed by atoms with Gasteiger partial charge in [-0.25, -0.2) is 0 Å². The molecular weight excluding hydrogens is 258 g/mol. The Morgan fingerprint density at radius 2 is 2.00 bits per heavy atom. The summed E-state index contributed by atoms with van der Waals surface area (Å²) in [5.74, 6) is 0.888. The van der Waals surface area contributed by atoms with E-state index in [1.165, 1.54) is 36.0 Å². The Labute approximate surface area is 121 Å². The monoisotopic (exact) mass is 281 g/mol. The van der Waals surface area contributed by atoms with Crippen LogP contribution in [0.2, 0.25) is 5.02 Å². The third-order valence-electron chi connectivity index (χ3n) is 3.97. The number of benzene rings is 1. The summed E-state index contributed by atoms with van der Waals surface area (Å²) in [6, 6.07) is 2.32. The van der Waals surface area contributed by atoms with Crippen molar-refractivity contribution in [1.29, 1.82) is 0 Å². The first kappa shape index (κ1) is 14.7. The Morgan fingerprint density at radius 1 is 1.21 bits per heavy atom. The molecule has 2 rings (SSSR count). The summed E-state index contributed by atoms with van der Waals surface area (Å²) >= 11 is 6.57. The number of unbranched alkanes of at least 4 members (excludes halogenated alkanes) is 1. The van der Waals surface area contributed by atoms with Gasteiger partial charge in [0.1, 0.15) is 5.75 Å². The molecule has 3 heteroatoms. The van der Waals surface area contributed by atoms with Gasteiger partial charge in [-0.05, 0) is 68.2 Å². The van der Waals surface area contributed by atoms with Crippen molar-refractivity contribution in [3.05, 3.63) is 27.8 Å². The number of nitrogens with two attached hydrogens (primary N) is 1. The fraction of sp³-hybridized carbons (Fsp3) is 0.625. The molecule has 0 spiro atoms. The molecule has 0 atom stereocenters. The number of ether oxygens (including phenoxy) is 1. The van der Waals surface area contributed by atoms with Gasteiger partial charge >= 0.3 is 0 Å². The normalized spacial score (nSPS) is 14.9. The molecule has 0 saturated carbocycles. The molecule has 19 heavy (non-hydrogen) atoms.